The summed E-state index contributed by atoms with van der Waals surface area (Å²) in [5.41, 5.74) is 3.23. The second-order valence-corrected chi connectivity index (χ2v) is 7.78. The highest BCUT2D eigenvalue weighted by atomic mass is 32.1. The molecule has 0 atom stereocenters. The molecule has 8 nitrogen and oxygen atoms in total. The van der Waals surface area contributed by atoms with E-state index in [9.17, 15) is 9.59 Å². The van der Waals surface area contributed by atoms with Gasteiger partial charge in [-0.2, -0.15) is 0 Å². The summed E-state index contributed by atoms with van der Waals surface area (Å²) in [6.07, 6.45) is 1.30. The maximum Gasteiger partial charge on any atom is 0.271 e. The van der Waals surface area contributed by atoms with Crippen LogP contribution in [0.1, 0.15) is 16.1 Å². The number of aromatic amines is 1. The fraction of sp³-hybridized carbons (Fsp3) is 0.0909. The van der Waals surface area contributed by atoms with Gasteiger partial charge < -0.3 is 15.0 Å². The van der Waals surface area contributed by atoms with E-state index in [-0.39, 0.29) is 5.56 Å². The molecule has 0 saturated heterocycles. The van der Waals surface area contributed by atoms with Gasteiger partial charge in [0.1, 0.15) is 17.1 Å². The molecule has 0 aliphatic rings. The number of amides is 1. The molecule has 2 N–H and O–H groups in total. The lowest BCUT2D eigenvalue weighted by Crippen LogP contribution is -2.26. The van der Waals surface area contributed by atoms with Crippen molar-refractivity contribution in [3.05, 3.63) is 75.7 Å². The zero-order chi connectivity index (χ0) is 21.5. The fourth-order valence-corrected chi connectivity index (χ4v) is 4.24. The first-order valence-corrected chi connectivity index (χ1v) is 10.3. The number of carbonyl (C=O) groups is 1. The number of aromatic nitrogens is 4. The van der Waals surface area contributed by atoms with Crippen molar-refractivity contribution >= 4 is 38.9 Å². The van der Waals surface area contributed by atoms with Crippen molar-refractivity contribution in [2.24, 2.45) is 0 Å². The van der Waals surface area contributed by atoms with Crippen LogP contribution in [-0.4, -0.2) is 32.4 Å². The predicted molar refractivity (Wildman–Crippen MR) is 120 cm³/mol. The van der Waals surface area contributed by atoms with Gasteiger partial charge in [0, 0.05) is 22.8 Å². The summed E-state index contributed by atoms with van der Waals surface area (Å²) in [6.45, 7) is 1.80. The largest absolute Gasteiger partial charge is 0.495 e. The molecule has 0 unspecified atom stereocenters. The SMILES string of the molecule is COc1ccc(-c2nc3ccccc3[nH]2)cc1NC(=O)c1cnc2scc(C)n2c1=O. The van der Waals surface area contributed by atoms with Crippen LogP contribution in [0, 0.1) is 6.92 Å². The Kier molecular flexibility index (Phi) is 4.52. The Morgan fingerprint density at radius 1 is 1.23 bits per heavy atom. The molecule has 9 heteroatoms. The minimum Gasteiger partial charge on any atom is -0.495 e. The van der Waals surface area contributed by atoms with Gasteiger partial charge in [0.05, 0.1) is 23.8 Å². The molecule has 0 fully saturated rings. The summed E-state index contributed by atoms with van der Waals surface area (Å²) < 4.78 is 6.83. The van der Waals surface area contributed by atoms with Gasteiger partial charge in [0.2, 0.25) is 0 Å². The van der Waals surface area contributed by atoms with Crippen LogP contribution in [0.25, 0.3) is 27.4 Å². The van der Waals surface area contributed by atoms with Crippen molar-refractivity contribution in [1.29, 1.82) is 0 Å². The summed E-state index contributed by atoms with van der Waals surface area (Å²) in [7, 11) is 1.52. The van der Waals surface area contributed by atoms with Crippen molar-refractivity contribution in [3.8, 4) is 17.1 Å². The molecule has 3 aromatic heterocycles. The van der Waals surface area contributed by atoms with E-state index in [4.69, 9.17) is 4.74 Å². The molecule has 0 radical (unpaired) electrons. The van der Waals surface area contributed by atoms with Crippen LogP contribution in [0.2, 0.25) is 0 Å². The zero-order valence-corrected chi connectivity index (χ0v) is 17.5. The van der Waals surface area contributed by atoms with Gasteiger partial charge in [-0.3, -0.25) is 14.0 Å². The number of H-pyrrole nitrogens is 1. The normalized spacial score (nSPS) is 11.2. The Balaban J connectivity index is 1.53. The van der Waals surface area contributed by atoms with E-state index in [1.54, 1.807) is 19.1 Å². The highest BCUT2D eigenvalue weighted by Crippen LogP contribution is 2.30. The topological polar surface area (TPSA) is 101 Å². The number of fused-ring (bicyclic) bond motifs is 2. The maximum absolute atomic E-state index is 12.9. The second-order valence-electron chi connectivity index (χ2n) is 6.94. The van der Waals surface area contributed by atoms with E-state index in [1.165, 1.54) is 29.0 Å². The molecule has 0 spiro atoms. The Morgan fingerprint density at radius 3 is 2.87 bits per heavy atom. The number of hydrogen-bond donors (Lipinski definition) is 2. The highest BCUT2D eigenvalue weighted by Gasteiger charge is 2.18. The van der Waals surface area contributed by atoms with E-state index in [0.29, 0.717) is 22.2 Å². The quantitative estimate of drug-likeness (QED) is 0.450. The van der Waals surface area contributed by atoms with Crippen molar-refractivity contribution in [1.82, 2.24) is 19.4 Å². The first kappa shape index (κ1) is 19.0. The van der Waals surface area contributed by atoms with Crippen molar-refractivity contribution in [2.45, 2.75) is 6.92 Å². The number of benzene rings is 2. The molecule has 5 aromatic rings. The monoisotopic (exact) mass is 431 g/mol. The molecule has 0 aliphatic heterocycles. The predicted octanol–water partition coefficient (Wildman–Crippen LogP) is 3.87. The van der Waals surface area contributed by atoms with E-state index < -0.39 is 11.5 Å². The molecule has 154 valence electrons. The third-order valence-electron chi connectivity index (χ3n) is 4.97. The lowest BCUT2D eigenvalue weighted by molar-refractivity contribution is 0.102. The average Bonchev–Trinajstić information content (AvgIpc) is 3.38. The molecule has 0 bridgehead atoms. The number of nitrogens with one attached hydrogen (secondary N) is 2. The number of ether oxygens (including phenoxy) is 1. The highest BCUT2D eigenvalue weighted by molar-refractivity contribution is 7.15. The van der Waals surface area contributed by atoms with Crippen LogP contribution in [-0.2, 0) is 0 Å². The number of nitrogens with zero attached hydrogens (tertiary/aromatic N) is 3. The minimum atomic E-state index is -0.558. The van der Waals surface area contributed by atoms with Crippen LogP contribution in [0.4, 0.5) is 5.69 Å². The fourth-order valence-electron chi connectivity index (χ4n) is 3.41. The number of anilines is 1. The number of carbonyl (C=O) groups excluding carboxylic acids is 1. The molecule has 2 aromatic carbocycles. The number of rotatable bonds is 4. The Hall–Kier alpha value is -3.98. The van der Waals surface area contributed by atoms with Gasteiger partial charge in [-0.15, -0.1) is 11.3 Å². The van der Waals surface area contributed by atoms with Gasteiger partial charge in [-0.05, 0) is 37.3 Å². The second kappa shape index (κ2) is 7.37. The van der Waals surface area contributed by atoms with Crippen molar-refractivity contribution < 1.29 is 9.53 Å². The Morgan fingerprint density at radius 2 is 2.06 bits per heavy atom. The van der Waals surface area contributed by atoms with E-state index in [0.717, 1.165) is 22.3 Å². The number of methoxy groups -OCH3 is 1. The van der Waals surface area contributed by atoms with Crippen LogP contribution in [0.5, 0.6) is 5.75 Å². The molecule has 3 heterocycles. The van der Waals surface area contributed by atoms with Crippen LogP contribution in [0.3, 0.4) is 0 Å². The first-order chi connectivity index (χ1) is 15.0. The smallest absolute Gasteiger partial charge is 0.271 e. The van der Waals surface area contributed by atoms with Crippen molar-refractivity contribution in [2.75, 3.05) is 12.4 Å². The molecule has 0 aliphatic carbocycles. The van der Waals surface area contributed by atoms with Crippen molar-refractivity contribution in [3.63, 3.8) is 0 Å². The summed E-state index contributed by atoms with van der Waals surface area (Å²) >= 11 is 1.35. The zero-order valence-electron chi connectivity index (χ0n) is 16.7. The Labute approximate surface area is 180 Å². The molecule has 31 heavy (non-hydrogen) atoms. The van der Waals surface area contributed by atoms with Gasteiger partial charge in [0.15, 0.2) is 4.96 Å². The number of hydrogen-bond acceptors (Lipinski definition) is 6. The maximum atomic E-state index is 12.9. The van der Waals surface area contributed by atoms with Crippen LogP contribution >= 0.6 is 11.3 Å². The van der Waals surface area contributed by atoms with Gasteiger partial charge in [-0.25, -0.2) is 9.97 Å². The molecular formula is C22H17N5O3S. The lowest BCUT2D eigenvalue weighted by atomic mass is 10.1. The summed E-state index contributed by atoms with van der Waals surface area (Å²) in [6, 6.07) is 13.1. The Bertz CT molecular complexity index is 1480. The molecule has 1 amide bonds. The van der Waals surface area contributed by atoms with Gasteiger partial charge >= 0.3 is 0 Å². The van der Waals surface area contributed by atoms with E-state index in [2.05, 4.69) is 20.3 Å². The summed E-state index contributed by atoms with van der Waals surface area (Å²) in [5.74, 6) is 0.572. The minimum absolute atomic E-state index is 0.0461. The molecular weight excluding hydrogens is 414 g/mol. The number of para-hydroxylation sites is 2. The van der Waals surface area contributed by atoms with Crippen LogP contribution < -0.4 is 15.6 Å². The van der Waals surface area contributed by atoms with Gasteiger partial charge in [0.25, 0.3) is 11.5 Å². The number of imidazole rings is 1. The number of thiazole rings is 1. The number of aryl methyl sites for hydroxylation is 1. The average molecular weight is 431 g/mol. The standard InChI is InChI=1S/C22H17N5O3S/c1-12-11-31-22-23-10-14(21(29)27(12)22)20(28)26-17-9-13(7-8-18(17)30-2)19-24-15-5-3-4-6-16(15)25-19/h3-11H,1-2H3,(H,24,25)(H,26,28). The van der Waals surface area contributed by atoms with Gasteiger partial charge in [-0.1, -0.05) is 12.1 Å². The van der Waals surface area contributed by atoms with Crippen LogP contribution in [0.15, 0.2) is 58.8 Å². The molecule has 0 saturated carbocycles. The third-order valence-corrected chi connectivity index (χ3v) is 5.93. The molecule has 5 rings (SSSR count). The van der Waals surface area contributed by atoms with E-state index >= 15 is 0 Å². The summed E-state index contributed by atoms with van der Waals surface area (Å²) in [5, 5.41) is 4.61. The third kappa shape index (κ3) is 3.24. The summed E-state index contributed by atoms with van der Waals surface area (Å²) in [4.78, 5) is 38.4. The lowest BCUT2D eigenvalue weighted by Gasteiger charge is -2.11. The van der Waals surface area contributed by atoms with E-state index in [1.807, 2.05) is 35.7 Å². The first-order valence-electron chi connectivity index (χ1n) is 9.45.